The van der Waals surface area contributed by atoms with Gasteiger partial charge in [0, 0.05) is 34.7 Å². The number of unbranched alkanes of at least 4 members (excludes halogenated alkanes) is 6. The molecule has 174 valence electrons. The van der Waals surface area contributed by atoms with Crippen LogP contribution in [0.5, 0.6) is 11.5 Å². The minimum atomic E-state index is -0.167. The Balaban J connectivity index is 1.87. The summed E-state index contributed by atoms with van der Waals surface area (Å²) in [7, 11) is 0. The second kappa shape index (κ2) is 12.6. The minimum absolute atomic E-state index is 0.167. The van der Waals surface area contributed by atoms with Gasteiger partial charge >= 0.3 is 11.9 Å². The third kappa shape index (κ3) is 6.34. The molecule has 0 atom stereocenters. The molecule has 4 heteroatoms. The van der Waals surface area contributed by atoms with Crippen molar-refractivity contribution in [2.75, 3.05) is 0 Å². The Labute approximate surface area is 192 Å². The number of hydrogen-bond donors (Lipinski definition) is 0. The Bertz CT molecular complexity index is 841. The third-order valence-electron chi connectivity index (χ3n) is 6.33. The first kappa shape index (κ1) is 24.3. The highest BCUT2D eigenvalue weighted by atomic mass is 16.5. The Morgan fingerprint density at radius 1 is 0.688 bits per heavy atom. The highest BCUT2D eigenvalue weighted by molar-refractivity contribution is 5.98. The molecule has 0 unspecified atom stereocenters. The fraction of sp³-hybridized carbons (Fsp3) is 0.571. The van der Waals surface area contributed by atoms with Gasteiger partial charge in [-0.1, -0.05) is 76.6 Å². The van der Waals surface area contributed by atoms with E-state index in [9.17, 15) is 9.59 Å². The van der Waals surface area contributed by atoms with Crippen molar-refractivity contribution in [2.24, 2.45) is 0 Å². The number of esters is 2. The van der Waals surface area contributed by atoms with E-state index in [0.717, 1.165) is 98.9 Å². The summed E-state index contributed by atoms with van der Waals surface area (Å²) in [6.45, 7) is 4.33. The number of rotatable bonds is 12. The maximum absolute atomic E-state index is 12.6. The zero-order chi connectivity index (χ0) is 22.8. The fourth-order valence-electron chi connectivity index (χ4n) is 4.57. The summed E-state index contributed by atoms with van der Waals surface area (Å²) in [4.78, 5) is 25.3. The molecular weight excluding hydrogens is 400 g/mol. The molecule has 0 heterocycles. The van der Waals surface area contributed by atoms with Crippen molar-refractivity contribution in [1.29, 1.82) is 0 Å². The minimum Gasteiger partial charge on any atom is -0.426 e. The lowest BCUT2D eigenvalue weighted by Crippen LogP contribution is -2.16. The highest BCUT2D eigenvalue weighted by Gasteiger charge is 2.26. The van der Waals surface area contributed by atoms with Gasteiger partial charge in [0.2, 0.25) is 0 Å². The predicted octanol–water partition coefficient (Wildman–Crippen LogP) is 7.47. The van der Waals surface area contributed by atoms with E-state index >= 15 is 0 Å². The van der Waals surface area contributed by atoms with Crippen molar-refractivity contribution in [3.05, 3.63) is 35.4 Å². The Kier molecular flexibility index (Phi) is 9.58. The molecule has 4 nitrogen and oxygen atoms in total. The van der Waals surface area contributed by atoms with Crippen molar-refractivity contribution in [1.82, 2.24) is 0 Å². The molecule has 0 fully saturated rings. The van der Waals surface area contributed by atoms with Gasteiger partial charge in [0.25, 0.3) is 0 Å². The molecule has 1 aliphatic rings. The van der Waals surface area contributed by atoms with Crippen LogP contribution in [0.2, 0.25) is 0 Å². The summed E-state index contributed by atoms with van der Waals surface area (Å²) >= 11 is 0. The monoisotopic (exact) mass is 438 g/mol. The van der Waals surface area contributed by atoms with Crippen molar-refractivity contribution >= 4 is 22.7 Å². The number of hydrogen-bond acceptors (Lipinski definition) is 4. The van der Waals surface area contributed by atoms with Crippen LogP contribution in [0.3, 0.4) is 0 Å². The fourth-order valence-corrected chi connectivity index (χ4v) is 4.57. The topological polar surface area (TPSA) is 52.6 Å². The smallest absolute Gasteiger partial charge is 0.311 e. The molecule has 2 aromatic rings. The number of benzene rings is 2. The van der Waals surface area contributed by atoms with Crippen LogP contribution < -0.4 is 9.47 Å². The van der Waals surface area contributed by atoms with Crippen molar-refractivity contribution in [3.63, 3.8) is 0 Å². The van der Waals surface area contributed by atoms with Gasteiger partial charge in [0.15, 0.2) is 0 Å². The Morgan fingerprint density at radius 3 is 1.53 bits per heavy atom. The van der Waals surface area contributed by atoms with Crippen LogP contribution in [0, 0.1) is 0 Å². The van der Waals surface area contributed by atoms with Gasteiger partial charge < -0.3 is 9.47 Å². The largest absolute Gasteiger partial charge is 0.426 e. The summed E-state index contributed by atoms with van der Waals surface area (Å²) in [5.41, 5.74) is 2.09. The van der Waals surface area contributed by atoms with Crippen LogP contribution >= 0.6 is 0 Å². The molecule has 0 saturated heterocycles. The number of carbonyl (C=O) groups excluding carboxylic acids is 2. The average molecular weight is 439 g/mol. The van der Waals surface area contributed by atoms with Crippen molar-refractivity contribution in [2.45, 2.75) is 104 Å². The van der Waals surface area contributed by atoms with E-state index < -0.39 is 0 Å². The SMILES string of the molecule is CCCCCCC(=O)Oc1c2c(c(OC(=O)CCCCCC)c3ccccc13)CCCC2. The van der Waals surface area contributed by atoms with E-state index in [0.29, 0.717) is 24.3 Å². The van der Waals surface area contributed by atoms with Crippen LogP contribution in [0.1, 0.15) is 102 Å². The molecule has 0 amide bonds. The maximum atomic E-state index is 12.6. The van der Waals surface area contributed by atoms with Crippen LogP contribution in [-0.2, 0) is 22.4 Å². The molecule has 0 bridgehead atoms. The van der Waals surface area contributed by atoms with Gasteiger partial charge in [0.1, 0.15) is 11.5 Å². The van der Waals surface area contributed by atoms with Gasteiger partial charge in [-0.2, -0.15) is 0 Å². The zero-order valence-electron chi connectivity index (χ0n) is 19.8. The summed E-state index contributed by atoms with van der Waals surface area (Å²) in [5.74, 6) is 1.02. The number of ether oxygens (including phenoxy) is 2. The standard InChI is InChI=1S/C28H38O4/c1-3-5-7-9-19-25(29)31-27-21-15-11-13-17-23(21)28(24-18-14-12-16-22(24)27)32-26(30)20-10-8-6-4-2/h11,13,15,17H,3-10,12,14,16,18-20H2,1-2H3. The van der Waals surface area contributed by atoms with E-state index in [1.54, 1.807) is 0 Å². The molecule has 1 aliphatic carbocycles. The average Bonchev–Trinajstić information content (AvgIpc) is 2.81. The summed E-state index contributed by atoms with van der Waals surface area (Å²) < 4.78 is 12.0. The Hall–Kier alpha value is -2.36. The summed E-state index contributed by atoms with van der Waals surface area (Å²) in [6.07, 6.45) is 13.1. The van der Waals surface area contributed by atoms with E-state index in [1.807, 2.05) is 24.3 Å². The number of fused-ring (bicyclic) bond motifs is 2. The first-order chi connectivity index (χ1) is 15.7. The Morgan fingerprint density at radius 2 is 1.12 bits per heavy atom. The van der Waals surface area contributed by atoms with Crippen LogP contribution in [0.25, 0.3) is 10.8 Å². The molecule has 0 radical (unpaired) electrons. The van der Waals surface area contributed by atoms with Crippen LogP contribution in [0.15, 0.2) is 24.3 Å². The lowest BCUT2D eigenvalue weighted by Gasteiger charge is -2.24. The lowest BCUT2D eigenvalue weighted by molar-refractivity contribution is -0.135. The molecule has 0 N–H and O–H groups in total. The molecule has 3 rings (SSSR count). The number of carbonyl (C=O) groups is 2. The molecule has 2 aromatic carbocycles. The molecule has 0 saturated carbocycles. The normalized spacial score (nSPS) is 13.1. The first-order valence-electron chi connectivity index (χ1n) is 12.6. The second-order valence-electron chi connectivity index (χ2n) is 8.94. The molecule has 0 spiro atoms. The summed E-state index contributed by atoms with van der Waals surface area (Å²) in [5, 5.41) is 1.73. The van der Waals surface area contributed by atoms with Gasteiger partial charge in [-0.3, -0.25) is 9.59 Å². The molecular formula is C28H38O4. The summed E-state index contributed by atoms with van der Waals surface area (Å²) in [6, 6.07) is 7.85. The van der Waals surface area contributed by atoms with Gasteiger partial charge in [-0.25, -0.2) is 0 Å². The van der Waals surface area contributed by atoms with Gasteiger partial charge in [-0.05, 0) is 38.5 Å². The predicted molar refractivity (Wildman–Crippen MR) is 129 cm³/mol. The van der Waals surface area contributed by atoms with Crippen molar-refractivity contribution in [3.8, 4) is 11.5 Å². The third-order valence-corrected chi connectivity index (χ3v) is 6.33. The quantitative estimate of drug-likeness (QED) is 0.196. The maximum Gasteiger partial charge on any atom is 0.311 e. The van der Waals surface area contributed by atoms with Crippen LogP contribution in [0.4, 0.5) is 0 Å². The van der Waals surface area contributed by atoms with E-state index in [4.69, 9.17) is 9.47 Å². The first-order valence-corrected chi connectivity index (χ1v) is 12.6. The van der Waals surface area contributed by atoms with E-state index in [-0.39, 0.29) is 11.9 Å². The molecule has 32 heavy (non-hydrogen) atoms. The second-order valence-corrected chi connectivity index (χ2v) is 8.94. The molecule has 0 aromatic heterocycles. The van der Waals surface area contributed by atoms with Gasteiger partial charge in [0.05, 0.1) is 0 Å². The molecule has 0 aliphatic heterocycles. The van der Waals surface area contributed by atoms with E-state index in [1.165, 1.54) is 0 Å². The zero-order valence-corrected chi connectivity index (χ0v) is 19.8. The van der Waals surface area contributed by atoms with Crippen LogP contribution in [-0.4, -0.2) is 11.9 Å². The lowest BCUT2D eigenvalue weighted by atomic mass is 9.87. The van der Waals surface area contributed by atoms with Crippen molar-refractivity contribution < 1.29 is 19.1 Å². The van der Waals surface area contributed by atoms with E-state index in [2.05, 4.69) is 13.8 Å². The highest BCUT2D eigenvalue weighted by Crippen LogP contribution is 2.44. The van der Waals surface area contributed by atoms with Gasteiger partial charge in [-0.15, -0.1) is 0 Å².